The SMILES string of the molecule is Cc1ccc(C(=O)N2CCC(C(=O)O)(n3cccn3)CC2)c(F)c1F. The van der Waals surface area contributed by atoms with E-state index in [2.05, 4.69) is 5.10 Å². The number of halogens is 2. The molecule has 3 rings (SSSR count). The highest BCUT2D eigenvalue weighted by molar-refractivity contribution is 5.95. The van der Waals surface area contributed by atoms with Crippen molar-refractivity contribution in [3.05, 3.63) is 53.4 Å². The Morgan fingerprint density at radius 1 is 1.20 bits per heavy atom. The van der Waals surface area contributed by atoms with Crippen molar-refractivity contribution in [1.29, 1.82) is 0 Å². The number of aromatic nitrogens is 2. The van der Waals surface area contributed by atoms with Crippen LogP contribution < -0.4 is 0 Å². The van der Waals surface area contributed by atoms with E-state index in [-0.39, 0.29) is 37.1 Å². The standard InChI is InChI=1S/C17H17F2N3O3/c1-11-3-4-12(14(19)13(11)18)15(23)21-9-5-17(6-10-21,16(24)25)22-8-2-7-20-22/h2-4,7-8H,5-6,9-10H2,1H3,(H,24,25). The Bertz CT molecular complexity index is 813. The molecule has 0 spiro atoms. The van der Waals surface area contributed by atoms with Crippen molar-refractivity contribution in [2.45, 2.75) is 25.3 Å². The largest absolute Gasteiger partial charge is 0.479 e. The number of aryl methyl sites for hydroxylation is 1. The van der Waals surface area contributed by atoms with Gasteiger partial charge in [-0.05, 0) is 24.6 Å². The molecule has 1 aromatic carbocycles. The molecule has 2 aromatic rings. The molecule has 1 aliphatic heterocycles. The summed E-state index contributed by atoms with van der Waals surface area (Å²) < 4.78 is 29.1. The van der Waals surface area contributed by atoms with E-state index in [4.69, 9.17) is 0 Å². The van der Waals surface area contributed by atoms with Crippen molar-refractivity contribution >= 4 is 11.9 Å². The van der Waals surface area contributed by atoms with Crippen molar-refractivity contribution in [2.24, 2.45) is 0 Å². The Morgan fingerprint density at radius 2 is 1.88 bits per heavy atom. The molecule has 0 saturated carbocycles. The van der Waals surface area contributed by atoms with Gasteiger partial charge in [0, 0.05) is 38.3 Å². The van der Waals surface area contributed by atoms with Crippen LogP contribution in [0.15, 0.2) is 30.6 Å². The first kappa shape index (κ1) is 17.1. The Kier molecular flexibility index (Phi) is 4.28. The molecule has 25 heavy (non-hydrogen) atoms. The number of benzene rings is 1. The molecule has 0 atom stereocenters. The fourth-order valence-corrected chi connectivity index (χ4v) is 3.12. The molecule has 132 valence electrons. The number of rotatable bonds is 3. The molecule has 1 saturated heterocycles. The van der Waals surface area contributed by atoms with Gasteiger partial charge >= 0.3 is 5.97 Å². The minimum absolute atomic E-state index is 0.111. The average Bonchev–Trinajstić information content (AvgIpc) is 3.14. The highest BCUT2D eigenvalue weighted by Crippen LogP contribution is 2.31. The first-order valence-corrected chi connectivity index (χ1v) is 7.84. The van der Waals surface area contributed by atoms with E-state index in [1.54, 1.807) is 12.3 Å². The highest BCUT2D eigenvalue weighted by atomic mass is 19.2. The average molecular weight is 349 g/mol. The number of carboxylic acids is 1. The second-order valence-corrected chi connectivity index (χ2v) is 6.14. The van der Waals surface area contributed by atoms with Crippen LogP contribution in [0, 0.1) is 18.6 Å². The molecule has 0 radical (unpaired) electrons. The first-order valence-electron chi connectivity index (χ1n) is 7.84. The lowest BCUT2D eigenvalue weighted by molar-refractivity contribution is -0.150. The van der Waals surface area contributed by atoms with E-state index < -0.39 is 29.0 Å². The lowest BCUT2D eigenvalue weighted by atomic mass is 9.87. The van der Waals surface area contributed by atoms with Crippen molar-refractivity contribution in [1.82, 2.24) is 14.7 Å². The second-order valence-electron chi connectivity index (χ2n) is 6.14. The smallest absolute Gasteiger partial charge is 0.331 e. The molecule has 0 aliphatic carbocycles. The maximum atomic E-state index is 14.0. The molecule has 1 aliphatic rings. The van der Waals surface area contributed by atoms with E-state index in [1.165, 1.54) is 34.8 Å². The number of hydrogen-bond acceptors (Lipinski definition) is 3. The molecule has 1 N–H and O–H groups in total. The fourth-order valence-electron chi connectivity index (χ4n) is 3.12. The third-order valence-corrected chi connectivity index (χ3v) is 4.72. The monoisotopic (exact) mass is 349 g/mol. The van der Waals surface area contributed by atoms with E-state index in [1.807, 2.05) is 0 Å². The zero-order chi connectivity index (χ0) is 18.2. The minimum Gasteiger partial charge on any atom is -0.479 e. The van der Waals surface area contributed by atoms with Gasteiger partial charge in [-0.15, -0.1) is 0 Å². The number of likely N-dealkylation sites (tertiary alicyclic amines) is 1. The Labute approximate surface area is 142 Å². The first-order chi connectivity index (χ1) is 11.9. The van der Waals surface area contributed by atoms with E-state index in [0.717, 1.165) is 0 Å². The normalized spacial score (nSPS) is 16.7. The second kappa shape index (κ2) is 6.27. The van der Waals surface area contributed by atoms with E-state index >= 15 is 0 Å². The molecule has 8 heteroatoms. The lowest BCUT2D eigenvalue weighted by Crippen LogP contribution is -2.52. The number of nitrogens with zero attached hydrogens (tertiary/aromatic N) is 3. The number of amides is 1. The minimum atomic E-state index is -1.24. The van der Waals surface area contributed by atoms with Gasteiger partial charge in [-0.1, -0.05) is 6.07 Å². The zero-order valence-electron chi connectivity index (χ0n) is 13.6. The van der Waals surface area contributed by atoms with E-state index in [9.17, 15) is 23.5 Å². The highest BCUT2D eigenvalue weighted by Gasteiger charge is 2.45. The van der Waals surface area contributed by atoms with Gasteiger partial charge in [-0.3, -0.25) is 9.48 Å². The molecule has 1 amide bonds. The Balaban J connectivity index is 1.81. The molecule has 0 unspecified atom stereocenters. The van der Waals surface area contributed by atoms with Gasteiger partial charge in [0.2, 0.25) is 0 Å². The van der Waals surface area contributed by atoms with Crippen LogP contribution in [0.2, 0.25) is 0 Å². The van der Waals surface area contributed by atoms with Crippen LogP contribution in [-0.2, 0) is 10.3 Å². The molecule has 1 fully saturated rings. The number of aliphatic carboxylic acids is 1. The number of carbonyl (C=O) groups is 2. The summed E-state index contributed by atoms with van der Waals surface area (Å²) in [6, 6.07) is 4.23. The summed E-state index contributed by atoms with van der Waals surface area (Å²) in [5.41, 5.74) is -1.46. The lowest BCUT2D eigenvalue weighted by Gasteiger charge is -2.39. The van der Waals surface area contributed by atoms with Gasteiger partial charge in [0.25, 0.3) is 5.91 Å². The van der Waals surface area contributed by atoms with Gasteiger partial charge in [0.15, 0.2) is 17.2 Å². The molecule has 2 heterocycles. The third-order valence-electron chi connectivity index (χ3n) is 4.72. The number of carboxylic acid groups (broad SMARTS) is 1. The molecule has 6 nitrogen and oxygen atoms in total. The summed E-state index contributed by atoms with van der Waals surface area (Å²) >= 11 is 0. The third kappa shape index (κ3) is 2.77. The maximum absolute atomic E-state index is 14.0. The summed E-state index contributed by atoms with van der Waals surface area (Å²) in [7, 11) is 0. The van der Waals surface area contributed by atoms with Gasteiger partial charge in [-0.2, -0.15) is 5.10 Å². The van der Waals surface area contributed by atoms with Crippen LogP contribution in [0.4, 0.5) is 8.78 Å². The zero-order valence-corrected chi connectivity index (χ0v) is 13.6. The van der Waals surface area contributed by atoms with Crippen LogP contribution in [-0.4, -0.2) is 44.8 Å². The van der Waals surface area contributed by atoms with E-state index in [0.29, 0.717) is 0 Å². The Morgan fingerprint density at radius 3 is 2.44 bits per heavy atom. The predicted molar refractivity (Wildman–Crippen MR) is 84.1 cm³/mol. The van der Waals surface area contributed by atoms with Crippen LogP contribution in [0.25, 0.3) is 0 Å². The summed E-state index contributed by atoms with van der Waals surface area (Å²) in [4.78, 5) is 25.6. The van der Waals surface area contributed by atoms with Crippen LogP contribution in [0.5, 0.6) is 0 Å². The van der Waals surface area contributed by atoms with Crippen LogP contribution >= 0.6 is 0 Å². The van der Waals surface area contributed by atoms with Crippen LogP contribution in [0.3, 0.4) is 0 Å². The molecular weight excluding hydrogens is 332 g/mol. The molecule has 0 bridgehead atoms. The number of hydrogen-bond donors (Lipinski definition) is 1. The maximum Gasteiger partial charge on any atom is 0.331 e. The van der Waals surface area contributed by atoms with Crippen LogP contribution in [0.1, 0.15) is 28.8 Å². The number of piperidine rings is 1. The fraction of sp³-hybridized carbons (Fsp3) is 0.353. The predicted octanol–water partition coefficient (Wildman–Crippen LogP) is 2.19. The van der Waals surface area contributed by atoms with Crippen molar-refractivity contribution in [3.8, 4) is 0 Å². The summed E-state index contributed by atoms with van der Waals surface area (Å²) in [6.07, 6.45) is 3.32. The van der Waals surface area contributed by atoms with Crippen molar-refractivity contribution in [2.75, 3.05) is 13.1 Å². The molecular formula is C17H17F2N3O3. The van der Waals surface area contributed by atoms with Gasteiger partial charge in [-0.25, -0.2) is 13.6 Å². The summed E-state index contributed by atoms with van der Waals surface area (Å²) in [6.45, 7) is 1.64. The summed E-state index contributed by atoms with van der Waals surface area (Å²) in [5, 5.41) is 13.7. The molecule has 1 aromatic heterocycles. The summed E-state index contributed by atoms with van der Waals surface area (Å²) in [5.74, 6) is -3.89. The van der Waals surface area contributed by atoms with Crippen molar-refractivity contribution < 1.29 is 23.5 Å². The van der Waals surface area contributed by atoms with Gasteiger partial charge in [0.1, 0.15) is 0 Å². The number of carbonyl (C=O) groups excluding carboxylic acids is 1. The Hall–Kier alpha value is -2.77. The quantitative estimate of drug-likeness (QED) is 0.922. The van der Waals surface area contributed by atoms with Gasteiger partial charge in [0.05, 0.1) is 5.56 Å². The van der Waals surface area contributed by atoms with Crippen molar-refractivity contribution in [3.63, 3.8) is 0 Å². The topological polar surface area (TPSA) is 75.4 Å². The van der Waals surface area contributed by atoms with Gasteiger partial charge < -0.3 is 10.0 Å².